The van der Waals surface area contributed by atoms with Crippen LogP contribution in [-0.2, 0) is 0 Å². The van der Waals surface area contributed by atoms with Gasteiger partial charge in [-0.05, 0) is 19.1 Å². The maximum Gasteiger partial charge on any atom is 0.252 e. The number of anilines is 1. The van der Waals surface area contributed by atoms with E-state index in [-0.39, 0.29) is 5.91 Å². The van der Waals surface area contributed by atoms with E-state index in [4.69, 9.17) is 0 Å². The van der Waals surface area contributed by atoms with Crippen LogP contribution >= 0.6 is 11.8 Å². The molecule has 2 heterocycles. The highest BCUT2D eigenvalue weighted by molar-refractivity contribution is 7.99. The summed E-state index contributed by atoms with van der Waals surface area (Å²) in [5.41, 5.74) is 0.555. The van der Waals surface area contributed by atoms with Crippen LogP contribution in [0.5, 0.6) is 0 Å². The number of hydrogen-bond donors (Lipinski definition) is 2. The molecule has 7 nitrogen and oxygen atoms in total. The summed E-state index contributed by atoms with van der Waals surface area (Å²) in [7, 11) is 3.81. The van der Waals surface area contributed by atoms with Gasteiger partial charge in [0.2, 0.25) is 5.16 Å². The third kappa shape index (κ3) is 4.45. The Balaban J connectivity index is 1.76. The molecule has 0 aliphatic rings. The average Bonchev–Trinajstić information content (AvgIpc) is 2.89. The van der Waals surface area contributed by atoms with Gasteiger partial charge in [0, 0.05) is 32.6 Å². The van der Waals surface area contributed by atoms with Crippen LogP contribution in [0.1, 0.15) is 16.2 Å². The second-order valence-corrected chi connectivity index (χ2v) is 5.67. The number of nitrogens with zero attached hydrogens (tertiary/aromatic N) is 4. The molecule has 0 fully saturated rings. The summed E-state index contributed by atoms with van der Waals surface area (Å²) in [6, 6.07) is 3.59. The van der Waals surface area contributed by atoms with Crippen molar-refractivity contribution in [2.24, 2.45) is 0 Å². The Bertz CT molecular complexity index is 595. The zero-order valence-corrected chi connectivity index (χ0v) is 13.1. The van der Waals surface area contributed by atoms with Gasteiger partial charge < -0.3 is 10.2 Å². The molecule has 2 rings (SSSR count). The van der Waals surface area contributed by atoms with E-state index in [0.717, 1.165) is 11.6 Å². The van der Waals surface area contributed by atoms with E-state index in [0.29, 0.717) is 23.0 Å². The van der Waals surface area contributed by atoms with E-state index >= 15 is 0 Å². The fraction of sp³-hybridized carbons (Fsp3) is 0.385. The average molecular weight is 306 g/mol. The zero-order chi connectivity index (χ0) is 15.2. The third-order valence-corrected chi connectivity index (χ3v) is 3.51. The van der Waals surface area contributed by atoms with Gasteiger partial charge in [0.25, 0.3) is 5.91 Å². The Hall–Kier alpha value is -2.09. The Kier molecular flexibility index (Phi) is 5.15. The number of aromatic amines is 1. The van der Waals surface area contributed by atoms with Gasteiger partial charge in [0.15, 0.2) is 0 Å². The van der Waals surface area contributed by atoms with Crippen molar-refractivity contribution in [3.05, 3.63) is 29.7 Å². The molecule has 0 radical (unpaired) electrons. The first kappa shape index (κ1) is 15.3. The van der Waals surface area contributed by atoms with Gasteiger partial charge in [-0.2, -0.15) is 0 Å². The minimum Gasteiger partial charge on any atom is -0.363 e. The monoisotopic (exact) mass is 306 g/mol. The van der Waals surface area contributed by atoms with E-state index in [9.17, 15) is 4.79 Å². The number of hydrogen-bond acceptors (Lipinski definition) is 6. The summed E-state index contributed by atoms with van der Waals surface area (Å²) < 4.78 is 0. The normalized spacial score (nSPS) is 10.4. The van der Waals surface area contributed by atoms with E-state index in [1.54, 1.807) is 12.3 Å². The predicted octanol–water partition coefficient (Wildman–Crippen LogP) is 1.10. The fourth-order valence-electron chi connectivity index (χ4n) is 1.58. The summed E-state index contributed by atoms with van der Waals surface area (Å²) in [6.07, 6.45) is 1.58. The van der Waals surface area contributed by atoms with Gasteiger partial charge in [-0.1, -0.05) is 11.8 Å². The predicted molar refractivity (Wildman–Crippen MR) is 82.7 cm³/mol. The molecule has 0 spiro atoms. The summed E-state index contributed by atoms with van der Waals surface area (Å²) in [5, 5.41) is 10.3. The van der Waals surface area contributed by atoms with Crippen molar-refractivity contribution in [1.82, 2.24) is 25.5 Å². The first-order chi connectivity index (χ1) is 10.1. The number of pyridine rings is 1. The van der Waals surface area contributed by atoms with Crippen molar-refractivity contribution in [2.45, 2.75) is 12.1 Å². The largest absolute Gasteiger partial charge is 0.363 e. The molecule has 1 amide bonds. The minimum absolute atomic E-state index is 0.125. The topological polar surface area (TPSA) is 86.8 Å². The number of amides is 1. The molecular weight excluding hydrogens is 288 g/mol. The van der Waals surface area contributed by atoms with Crippen LogP contribution in [-0.4, -0.2) is 52.5 Å². The van der Waals surface area contributed by atoms with Gasteiger partial charge >= 0.3 is 0 Å². The molecule has 0 unspecified atom stereocenters. The van der Waals surface area contributed by atoms with E-state index < -0.39 is 0 Å². The highest BCUT2D eigenvalue weighted by Gasteiger charge is 2.07. The quantitative estimate of drug-likeness (QED) is 0.614. The molecule has 0 saturated carbocycles. The molecule has 0 aliphatic heterocycles. The standard InChI is InChI=1S/C13H18N6OS/c1-9-16-13(18-17-9)21-7-6-14-12(20)10-4-5-11(15-8-10)19(2)3/h4-5,8H,6-7H2,1-3H3,(H,14,20)(H,16,17,18). The number of H-pyrrole nitrogens is 1. The number of thioether (sulfide) groups is 1. The maximum absolute atomic E-state index is 11.9. The molecule has 2 N–H and O–H groups in total. The van der Waals surface area contributed by atoms with E-state index in [1.165, 1.54) is 11.8 Å². The molecule has 0 aliphatic carbocycles. The van der Waals surface area contributed by atoms with Crippen LogP contribution < -0.4 is 10.2 Å². The zero-order valence-electron chi connectivity index (χ0n) is 12.3. The highest BCUT2D eigenvalue weighted by atomic mass is 32.2. The third-order valence-electron chi connectivity index (χ3n) is 2.66. The van der Waals surface area contributed by atoms with Gasteiger partial charge in [0.1, 0.15) is 11.6 Å². The molecule has 112 valence electrons. The van der Waals surface area contributed by atoms with Crippen LogP contribution in [0.25, 0.3) is 0 Å². The molecular formula is C13H18N6OS. The SMILES string of the molecule is Cc1nc(SCCNC(=O)c2ccc(N(C)C)nc2)n[nH]1. The molecule has 0 atom stereocenters. The Morgan fingerprint density at radius 2 is 2.24 bits per heavy atom. The van der Waals surface area contributed by atoms with E-state index in [1.807, 2.05) is 32.0 Å². The Morgan fingerprint density at radius 1 is 1.43 bits per heavy atom. The molecule has 0 saturated heterocycles. The summed E-state index contributed by atoms with van der Waals surface area (Å²) in [4.78, 5) is 22.2. The van der Waals surface area contributed by atoms with Crippen molar-refractivity contribution in [1.29, 1.82) is 0 Å². The van der Waals surface area contributed by atoms with Crippen molar-refractivity contribution in [3.8, 4) is 0 Å². The molecule has 21 heavy (non-hydrogen) atoms. The lowest BCUT2D eigenvalue weighted by molar-refractivity contribution is 0.0956. The first-order valence-corrected chi connectivity index (χ1v) is 7.48. The first-order valence-electron chi connectivity index (χ1n) is 6.49. The van der Waals surface area contributed by atoms with Crippen LogP contribution in [0.15, 0.2) is 23.5 Å². The lowest BCUT2D eigenvalue weighted by atomic mass is 10.2. The number of aromatic nitrogens is 4. The number of carbonyl (C=O) groups excluding carboxylic acids is 1. The molecule has 8 heteroatoms. The summed E-state index contributed by atoms with van der Waals surface area (Å²) in [6.45, 7) is 2.40. The van der Waals surface area contributed by atoms with Gasteiger partial charge in [-0.15, -0.1) is 5.10 Å². The van der Waals surface area contributed by atoms with Crippen molar-refractivity contribution in [2.75, 3.05) is 31.3 Å². The molecule has 0 bridgehead atoms. The lowest BCUT2D eigenvalue weighted by Gasteiger charge is -2.11. The molecule has 2 aromatic heterocycles. The second-order valence-electron chi connectivity index (χ2n) is 4.61. The lowest BCUT2D eigenvalue weighted by Crippen LogP contribution is -2.26. The summed E-state index contributed by atoms with van der Waals surface area (Å²) in [5.74, 6) is 2.20. The number of aryl methyl sites for hydroxylation is 1. The Morgan fingerprint density at radius 3 is 2.81 bits per heavy atom. The number of rotatable bonds is 6. The van der Waals surface area contributed by atoms with E-state index in [2.05, 4.69) is 25.5 Å². The van der Waals surface area contributed by atoms with Crippen molar-refractivity contribution >= 4 is 23.5 Å². The number of nitrogens with one attached hydrogen (secondary N) is 2. The highest BCUT2D eigenvalue weighted by Crippen LogP contribution is 2.11. The summed E-state index contributed by atoms with van der Waals surface area (Å²) >= 11 is 1.49. The maximum atomic E-state index is 11.9. The van der Waals surface area contributed by atoms with Crippen LogP contribution in [0, 0.1) is 6.92 Å². The molecule has 2 aromatic rings. The fourth-order valence-corrected chi connectivity index (χ4v) is 2.28. The number of carbonyl (C=O) groups is 1. The van der Waals surface area contributed by atoms with Gasteiger partial charge in [0.05, 0.1) is 5.56 Å². The van der Waals surface area contributed by atoms with Crippen molar-refractivity contribution < 1.29 is 4.79 Å². The van der Waals surface area contributed by atoms with Crippen LogP contribution in [0.2, 0.25) is 0 Å². The van der Waals surface area contributed by atoms with Crippen molar-refractivity contribution in [3.63, 3.8) is 0 Å². The smallest absolute Gasteiger partial charge is 0.252 e. The van der Waals surface area contributed by atoms with Crippen LogP contribution in [0.4, 0.5) is 5.82 Å². The minimum atomic E-state index is -0.125. The van der Waals surface area contributed by atoms with Gasteiger partial charge in [-0.25, -0.2) is 9.97 Å². The van der Waals surface area contributed by atoms with Crippen LogP contribution in [0.3, 0.4) is 0 Å². The second kappa shape index (κ2) is 7.07. The Labute approximate surface area is 127 Å². The molecule has 0 aromatic carbocycles. The van der Waals surface area contributed by atoms with Gasteiger partial charge in [-0.3, -0.25) is 9.89 Å².